The van der Waals surface area contributed by atoms with Gasteiger partial charge in [-0.15, -0.1) is 0 Å². The number of benzene rings is 3. The van der Waals surface area contributed by atoms with E-state index in [-0.39, 0.29) is 10.8 Å². The molecule has 0 heterocycles. The van der Waals surface area contributed by atoms with Crippen LogP contribution in [0.2, 0.25) is 0 Å². The minimum Gasteiger partial charge on any atom is -0.494 e. The Morgan fingerprint density at radius 2 is 1.52 bits per heavy atom. The van der Waals surface area contributed by atoms with Gasteiger partial charge in [0.25, 0.3) is 15.9 Å². The van der Waals surface area contributed by atoms with Gasteiger partial charge in [-0.05, 0) is 85.8 Å². The summed E-state index contributed by atoms with van der Waals surface area (Å²) in [6.45, 7) is 8.62. The number of nitrogens with one attached hydrogen (secondary N) is 2. The molecule has 3 aromatic rings. The zero-order valence-corrected chi connectivity index (χ0v) is 20.2. The van der Waals surface area contributed by atoms with Crippen molar-refractivity contribution in [3.05, 3.63) is 83.4 Å². The number of rotatable bonds is 9. The second-order valence-electron chi connectivity index (χ2n) is 8.41. The van der Waals surface area contributed by atoms with Crippen molar-refractivity contribution in [1.29, 1.82) is 0 Å². The van der Waals surface area contributed by atoms with E-state index in [4.69, 9.17) is 4.74 Å². The molecule has 0 atom stereocenters. The van der Waals surface area contributed by atoms with Crippen molar-refractivity contribution in [3.63, 3.8) is 0 Å². The third-order valence-electron chi connectivity index (χ3n) is 5.22. The highest BCUT2D eigenvalue weighted by molar-refractivity contribution is 7.92. The molecular weight excluding hydrogens is 436 g/mol. The summed E-state index contributed by atoms with van der Waals surface area (Å²) in [6.07, 6.45) is 0.966. The number of para-hydroxylation sites is 1. The Morgan fingerprint density at radius 3 is 2.09 bits per heavy atom. The van der Waals surface area contributed by atoms with Gasteiger partial charge in [-0.3, -0.25) is 9.52 Å². The van der Waals surface area contributed by atoms with Gasteiger partial charge >= 0.3 is 0 Å². The number of sulfonamides is 1. The van der Waals surface area contributed by atoms with Gasteiger partial charge in [-0.2, -0.15) is 0 Å². The van der Waals surface area contributed by atoms with E-state index in [1.54, 1.807) is 36.4 Å². The van der Waals surface area contributed by atoms with Crippen molar-refractivity contribution in [2.75, 3.05) is 16.6 Å². The van der Waals surface area contributed by atoms with Crippen LogP contribution in [0.1, 0.15) is 41.8 Å². The number of hydrogen-bond acceptors (Lipinski definition) is 4. The molecule has 0 aromatic heterocycles. The summed E-state index contributed by atoms with van der Waals surface area (Å²) in [4.78, 5) is 12.7. The summed E-state index contributed by atoms with van der Waals surface area (Å²) in [5, 5.41) is 2.79. The first-order valence-corrected chi connectivity index (χ1v) is 12.4. The molecule has 0 unspecified atom stereocenters. The Hall–Kier alpha value is -3.32. The van der Waals surface area contributed by atoms with Crippen molar-refractivity contribution in [2.45, 2.75) is 39.0 Å². The Kier molecular flexibility index (Phi) is 7.76. The number of anilines is 2. The summed E-state index contributed by atoms with van der Waals surface area (Å²) >= 11 is 0. The van der Waals surface area contributed by atoms with Gasteiger partial charge in [0, 0.05) is 11.3 Å². The van der Waals surface area contributed by atoms with Gasteiger partial charge < -0.3 is 10.1 Å². The first-order chi connectivity index (χ1) is 15.7. The predicted molar refractivity (Wildman–Crippen MR) is 133 cm³/mol. The maximum Gasteiger partial charge on any atom is 0.261 e. The normalized spacial score (nSPS) is 11.3. The molecule has 6 nitrogen and oxygen atoms in total. The van der Waals surface area contributed by atoms with E-state index in [1.807, 2.05) is 32.0 Å². The standard InChI is InChI=1S/C26H30N2O4S/c1-18(2)16-17-32-23-12-8-21(9-13-23)26(29)27-22-10-14-24(15-11-22)33(30,31)28-25-19(3)6-5-7-20(25)4/h5-15,18,28H,16-17H2,1-4H3,(H,27,29). The molecule has 2 N–H and O–H groups in total. The molecule has 0 spiro atoms. The molecule has 0 saturated carbocycles. The molecule has 7 heteroatoms. The zero-order chi connectivity index (χ0) is 24.0. The molecule has 0 bridgehead atoms. The molecule has 3 rings (SSSR count). The minimum atomic E-state index is -3.75. The van der Waals surface area contributed by atoms with E-state index in [2.05, 4.69) is 23.9 Å². The Balaban J connectivity index is 1.63. The average molecular weight is 467 g/mol. The van der Waals surface area contributed by atoms with E-state index in [0.717, 1.165) is 23.3 Å². The van der Waals surface area contributed by atoms with Crippen LogP contribution in [0.25, 0.3) is 0 Å². The van der Waals surface area contributed by atoms with E-state index < -0.39 is 10.0 Å². The van der Waals surface area contributed by atoms with Crippen molar-refractivity contribution < 1.29 is 17.9 Å². The molecule has 0 aliphatic carbocycles. The quantitative estimate of drug-likeness (QED) is 0.419. The molecule has 0 radical (unpaired) electrons. The monoisotopic (exact) mass is 466 g/mol. The van der Waals surface area contributed by atoms with Crippen LogP contribution in [-0.2, 0) is 10.0 Å². The number of amides is 1. The highest BCUT2D eigenvalue weighted by Gasteiger charge is 2.17. The van der Waals surface area contributed by atoms with Crippen LogP contribution in [-0.4, -0.2) is 20.9 Å². The van der Waals surface area contributed by atoms with Gasteiger partial charge in [0.1, 0.15) is 5.75 Å². The minimum absolute atomic E-state index is 0.117. The van der Waals surface area contributed by atoms with Crippen LogP contribution in [0.3, 0.4) is 0 Å². The lowest BCUT2D eigenvalue weighted by Crippen LogP contribution is -2.15. The lowest BCUT2D eigenvalue weighted by molar-refractivity contribution is 0.102. The predicted octanol–water partition coefficient (Wildman–Crippen LogP) is 5.78. The molecule has 33 heavy (non-hydrogen) atoms. The van der Waals surface area contributed by atoms with E-state index in [0.29, 0.717) is 29.5 Å². The van der Waals surface area contributed by atoms with E-state index in [9.17, 15) is 13.2 Å². The summed E-state index contributed by atoms with van der Waals surface area (Å²) in [6, 6.07) is 18.6. The Bertz CT molecular complexity index is 1180. The van der Waals surface area contributed by atoms with Crippen LogP contribution >= 0.6 is 0 Å². The zero-order valence-electron chi connectivity index (χ0n) is 19.4. The average Bonchev–Trinajstić information content (AvgIpc) is 2.77. The number of aryl methyl sites for hydroxylation is 2. The molecule has 0 aliphatic heterocycles. The van der Waals surface area contributed by atoms with Crippen LogP contribution < -0.4 is 14.8 Å². The lowest BCUT2D eigenvalue weighted by atomic mass is 10.1. The molecule has 0 aliphatic rings. The first-order valence-electron chi connectivity index (χ1n) is 10.9. The molecule has 1 amide bonds. The molecule has 0 saturated heterocycles. The van der Waals surface area contributed by atoms with Crippen LogP contribution in [0.4, 0.5) is 11.4 Å². The van der Waals surface area contributed by atoms with Crippen molar-refractivity contribution in [1.82, 2.24) is 0 Å². The number of carbonyl (C=O) groups is 1. The highest BCUT2D eigenvalue weighted by Crippen LogP contribution is 2.24. The third kappa shape index (κ3) is 6.58. The molecule has 0 fully saturated rings. The van der Waals surface area contributed by atoms with Crippen LogP contribution in [0.5, 0.6) is 5.75 Å². The highest BCUT2D eigenvalue weighted by atomic mass is 32.2. The summed E-state index contributed by atoms with van der Waals surface area (Å²) in [5.41, 5.74) is 3.26. The second-order valence-corrected chi connectivity index (χ2v) is 10.1. The smallest absolute Gasteiger partial charge is 0.261 e. The number of carbonyl (C=O) groups excluding carboxylic acids is 1. The fourth-order valence-corrected chi connectivity index (χ4v) is 4.41. The molecule has 3 aromatic carbocycles. The van der Waals surface area contributed by atoms with E-state index in [1.165, 1.54) is 12.1 Å². The molecular formula is C26H30N2O4S. The third-order valence-corrected chi connectivity index (χ3v) is 6.59. The van der Waals surface area contributed by atoms with Crippen molar-refractivity contribution in [2.24, 2.45) is 5.92 Å². The van der Waals surface area contributed by atoms with Crippen LogP contribution in [0, 0.1) is 19.8 Å². The molecule has 174 valence electrons. The van der Waals surface area contributed by atoms with Gasteiger partial charge in [-0.25, -0.2) is 8.42 Å². The van der Waals surface area contributed by atoms with Crippen molar-refractivity contribution in [3.8, 4) is 5.75 Å². The van der Waals surface area contributed by atoms with Gasteiger partial charge in [-0.1, -0.05) is 32.0 Å². The lowest BCUT2D eigenvalue weighted by Gasteiger charge is -2.13. The van der Waals surface area contributed by atoms with Gasteiger partial charge in [0.2, 0.25) is 0 Å². The SMILES string of the molecule is Cc1cccc(C)c1NS(=O)(=O)c1ccc(NC(=O)c2ccc(OCCC(C)C)cc2)cc1. The number of hydrogen-bond donors (Lipinski definition) is 2. The summed E-state index contributed by atoms with van der Waals surface area (Å²) in [5.74, 6) is 1.00. The Labute approximate surface area is 196 Å². The number of ether oxygens (including phenoxy) is 1. The maximum absolute atomic E-state index is 12.8. The summed E-state index contributed by atoms with van der Waals surface area (Å²) < 4.78 is 33.9. The van der Waals surface area contributed by atoms with E-state index >= 15 is 0 Å². The Morgan fingerprint density at radius 1 is 0.909 bits per heavy atom. The maximum atomic E-state index is 12.8. The van der Waals surface area contributed by atoms with Crippen molar-refractivity contribution >= 4 is 27.3 Å². The fourth-order valence-electron chi connectivity index (χ4n) is 3.20. The van der Waals surface area contributed by atoms with Crippen LogP contribution in [0.15, 0.2) is 71.6 Å². The summed E-state index contributed by atoms with van der Waals surface area (Å²) in [7, 11) is -3.75. The first kappa shape index (κ1) is 24.3. The van der Waals surface area contributed by atoms with Gasteiger partial charge in [0.15, 0.2) is 0 Å². The van der Waals surface area contributed by atoms with Gasteiger partial charge in [0.05, 0.1) is 17.2 Å². The topological polar surface area (TPSA) is 84.5 Å². The largest absolute Gasteiger partial charge is 0.494 e. The second kappa shape index (κ2) is 10.5. The fraction of sp³-hybridized carbons (Fsp3) is 0.269.